The van der Waals surface area contributed by atoms with Crippen molar-refractivity contribution in [1.82, 2.24) is 5.32 Å². The van der Waals surface area contributed by atoms with Gasteiger partial charge in [-0.3, -0.25) is 0 Å². The molecule has 0 radical (unpaired) electrons. The molecule has 2 rings (SSSR count). The van der Waals surface area contributed by atoms with Crippen molar-refractivity contribution >= 4 is 0 Å². The van der Waals surface area contributed by atoms with E-state index in [1.54, 1.807) is 0 Å². The maximum Gasteiger partial charge on any atom is 0.0446 e. The van der Waals surface area contributed by atoms with Crippen LogP contribution in [-0.2, 0) is 0 Å². The van der Waals surface area contributed by atoms with Gasteiger partial charge in [-0.15, -0.1) is 0 Å². The number of benzene rings is 1. The smallest absolute Gasteiger partial charge is 0.0446 e. The molecule has 1 fully saturated rings. The molecule has 1 aliphatic carbocycles. The van der Waals surface area contributed by atoms with Crippen molar-refractivity contribution in [3.63, 3.8) is 0 Å². The molecule has 2 nitrogen and oxygen atoms in total. The van der Waals surface area contributed by atoms with Gasteiger partial charge in [-0.1, -0.05) is 52.0 Å². The Balaban J connectivity index is 2.01. The minimum absolute atomic E-state index is 0.287. The Hall–Kier alpha value is -0.860. The fourth-order valence-corrected chi connectivity index (χ4v) is 3.28. The Morgan fingerprint density at radius 1 is 1.20 bits per heavy atom. The molecule has 0 aromatic heterocycles. The molecular weight excluding hydrogens is 244 g/mol. The number of hydrogen-bond donors (Lipinski definition) is 2. The lowest BCUT2D eigenvalue weighted by Crippen LogP contribution is -2.35. The molecule has 112 valence electrons. The summed E-state index contributed by atoms with van der Waals surface area (Å²) in [5.41, 5.74) is 9.19. The van der Waals surface area contributed by atoms with Crippen molar-refractivity contribution in [3.05, 3.63) is 35.4 Å². The first-order chi connectivity index (χ1) is 9.41. The van der Waals surface area contributed by atoms with Gasteiger partial charge in [0, 0.05) is 18.6 Å². The van der Waals surface area contributed by atoms with Gasteiger partial charge in [0.1, 0.15) is 0 Å². The summed E-state index contributed by atoms with van der Waals surface area (Å²) < 4.78 is 0. The van der Waals surface area contributed by atoms with Crippen molar-refractivity contribution in [2.45, 2.75) is 65.0 Å². The summed E-state index contributed by atoms with van der Waals surface area (Å²) in [5.74, 6) is 0.587. The maximum absolute atomic E-state index is 5.99. The molecule has 0 aliphatic heterocycles. The summed E-state index contributed by atoms with van der Waals surface area (Å²) in [6, 6.07) is 9.85. The largest absolute Gasteiger partial charge is 0.329 e. The van der Waals surface area contributed by atoms with Gasteiger partial charge in [0.2, 0.25) is 0 Å². The van der Waals surface area contributed by atoms with Crippen LogP contribution in [0.4, 0.5) is 0 Å². The maximum atomic E-state index is 5.99. The second-order valence-corrected chi connectivity index (χ2v) is 7.38. The van der Waals surface area contributed by atoms with E-state index < -0.39 is 0 Å². The zero-order valence-corrected chi connectivity index (χ0v) is 13.4. The lowest BCUT2D eigenvalue weighted by molar-refractivity contribution is 0.353. The molecule has 0 bridgehead atoms. The molecule has 2 unspecified atom stereocenters. The molecule has 1 aromatic carbocycles. The normalized spacial score (nSPS) is 23.2. The van der Waals surface area contributed by atoms with Crippen LogP contribution in [0.25, 0.3) is 0 Å². The second-order valence-electron chi connectivity index (χ2n) is 7.38. The molecule has 0 amide bonds. The first kappa shape index (κ1) is 15.5. The van der Waals surface area contributed by atoms with Crippen LogP contribution in [0.15, 0.2) is 24.3 Å². The van der Waals surface area contributed by atoms with Gasteiger partial charge < -0.3 is 11.1 Å². The van der Waals surface area contributed by atoms with E-state index in [2.05, 4.69) is 57.3 Å². The van der Waals surface area contributed by atoms with Gasteiger partial charge in [-0.2, -0.15) is 0 Å². The summed E-state index contributed by atoms with van der Waals surface area (Å²) >= 11 is 0. The van der Waals surface area contributed by atoms with Crippen LogP contribution in [0.3, 0.4) is 0 Å². The Bertz CT molecular complexity index is 420. The average molecular weight is 274 g/mol. The fourth-order valence-electron chi connectivity index (χ4n) is 3.28. The van der Waals surface area contributed by atoms with E-state index in [4.69, 9.17) is 5.73 Å². The van der Waals surface area contributed by atoms with E-state index in [-0.39, 0.29) is 6.04 Å². The highest BCUT2D eigenvalue weighted by molar-refractivity contribution is 5.27. The number of hydrogen-bond acceptors (Lipinski definition) is 2. The standard InChI is InChI=1S/C18H30N2/c1-13(2)14-5-7-15(8-6-14)17(12-19)20-16-9-10-18(3,4)11-16/h5-8,13,16-17,20H,9-12,19H2,1-4H3. The van der Waals surface area contributed by atoms with Crippen LogP contribution in [0.2, 0.25) is 0 Å². The van der Waals surface area contributed by atoms with Crippen molar-refractivity contribution in [2.24, 2.45) is 11.1 Å². The molecule has 2 heteroatoms. The van der Waals surface area contributed by atoms with Crippen molar-refractivity contribution in [1.29, 1.82) is 0 Å². The van der Waals surface area contributed by atoms with Gasteiger partial charge in [0.05, 0.1) is 0 Å². The lowest BCUT2D eigenvalue weighted by atomic mass is 9.91. The third kappa shape index (κ3) is 3.83. The first-order valence-corrected chi connectivity index (χ1v) is 7.97. The van der Waals surface area contributed by atoms with Gasteiger partial charge in [-0.05, 0) is 41.7 Å². The topological polar surface area (TPSA) is 38.0 Å². The monoisotopic (exact) mass is 274 g/mol. The summed E-state index contributed by atoms with van der Waals surface area (Å²) in [4.78, 5) is 0. The zero-order chi connectivity index (χ0) is 14.8. The van der Waals surface area contributed by atoms with E-state index in [1.807, 2.05) is 0 Å². The van der Waals surface area contributed by atoms with Crippen LogP contribution in [-0.4, -0.2) is 12.6 Å². The van der Waals surface area contributed by atoms with Crippen LogP contribution < -0.4 is 11.1 Å². The number of rotatable bonds is 5. The van der Waals surface area contributed by atoms with E-state index in [1.165, 1.54) is 30.4 Å². The van der Waals surface area contributed by atoms with Crippen molar-refractivity contribution in [3.8, 4) is 0 Å². The predicted octanol–water partition coefficient (Wildman–Crippen LogP) is 3.98. The Morgan fingerprint density at radius 2 is 1.80 bits per heavy atom. The molecule has 20 heavy (non-hydrogen) atoms. The van der Waals surface area contributed by atoms with Gasteiger partial charge in [0.15, 0.2) is 0 Å². The van der Waals surface area contributed by atoms with Gasteiger partial charge >= 0.3 is 0 Å². The molecular formula is C18H30N2. The average Bonchev–Trinajstić information content (AvgIpc) is 2.75. The summed E-state index contributed by atoms with van der Waals surface area (Å²) in [6.07, 6.45) is 3.84. The van der Waals surface area contributed by atoms with Crippen molar-refractivity contribution in [2.75, 3.05) is 6.54 Å². The Kier molecular flexibility index (Phi) is 4.87. The van der Waals surface area contributed by atoms with Gasteiger partial charge in [-0.25, -0.2) is 0 Å². The minimum atomic E-state index is 0.287. The van der Waals surface area contributed by atoms with E-state index >= 15 is 0 Å². The Morgan fingerprint density at radius 3 is 2.25 bits per heavy atom. The zero-order valence-electron chi connectivity index (χ0n) is 13.4. The summed E-state index contributed by atoms with van der Waals surface area (Å²) in [6.45, 7) is 9.85. The molecule has 0 heterocycles. The van der Waals surface area contributed by atoms with E-state index in [0.717, 1.165) is 0 Å². The van der Waals surface area contributed by atoms with E-state index in [0.29, 0.717) is 23.9 Å². The summed E-state index contributed by atoms with van der Waals surface area (Å²) in [5, 5.41) is 3.76. The second kappa shape index (κ2) is 6.28. The number of nitrogens with two attached hydrogens (primary N) is 1. The molecule has 0 saturated heterocycles. The minimum Gasteiger partial charge on any atom is -0.329 e. The summed E-state index contributed by atoms with van der Waals surface area (Å²) in [7, 11) is 0. The molecule has 1 aliphatic rings. The van der Waals surface area contributed by atoms with Crippen LogP contribution in [0.5, 0.6) is 0 Å². The lowest BCUT2D eigenvalue weighted by Gasteiger charge is -2.24. The molecule has 1 aromatic rings. The predicted molar refractivity (Wildman–Crippen MR) is 86.9 cm³/mol. The van der Waals surface area contributed by atoms with Crippen molar-refractivity contribution < 1.29 is 0 Å². The van der Waals surface area contributed by atoms with Gasteiger partial charge in [0.25, 0.3) is 0 Å². The SMILES string of the molecule is CC(C)c1ccc(C(CN)NC2CCC(C)(C)C2)cc1. The highest BCUT2D eigenvalue weighted by atomic mass is 15.0. The van der Waals surface area contributed by atoms with E-state index in [9.17, 15) is 0 Å². The highest BCUT2D eigenvalue weighted by Crippen LogP contribution is 2.37. The number of nitrogens with one attached hydrogen (secondary N) is 1. The molecule has 0 spiro atoms. The Labute approximate surface area is 124 Å². The molecule has 2 atom stereocenters. The quantitative estimate of drug-likeness (QED) is 0.852. The fraction of sp³-hybridized carbons (Fsp3) is 0.667. The van der Waals surface area contributed by atoms with Crippen LogP contribution in [0.1, 0.15) is 70.0 Å². The third-order valence-corrected chi connectivity index (χ3v) is 4.65. The molecule has 3 N–H and O–H groups in total. The molecule has 1 saturated carbocycles. The van der Waals surface area contributed by atoms with Crippen LogP contribution in [0, 0.1) is 5.41 Å². The van der Waals surface area contributed by atoms with Crippen LogP contribution >= 0.6 is 0 Å². The third-order valence-electron chi connectivity index (χ3n) is 4.65. The highest BCUT2D eigenvalue weighted by Gasteiger charge is 2.31. The first-order valence-electron chi connectivity index (χ1n) is 7.97.